The fourth-order valence-corrected chi connectivity index (χ4v) is 8.43. The Morgan fingerprint density at radius 2 is 0.959 bits per heavy atom. The third kappa shape index (κ3) is 14.4. The third-order valence-electron chi connectivity index (χ3n) is 12.7. The molecule has 0 fully saturated rings. The van der Waals surface area contributed by atoms with Gasteiger partial charge in [-0.25, -0.2) is 17.6 Å². The quantitative estimate of drug-likeness (QED) is 0.0169. The lowest BCUT2D eigenvalue weighted by Crippen LogP contribution is -2.31. The number of unbranched alkanes of at least 4 members (excludes halogenated alkanes) is 11. The van der Waals surface area contributed by atoms with Gasteiger partial charge < -0.3 is 30.4 Å². The Kier molecular flexibility index (Phi) is 19.1. The van der Waals surface area contributed by atoms with Crippen LogP contribution in [0.1, 0.15) is 147 Å². The summed E-state index contributed by atoms with van der Waals surface area (Å²) >= 11 is 0. The second-order valence-corrected chi connectivity index (χ2v) is 18.0. The molecule has 6 aromatic rings. The number of nitrogens with one attached hydrogen (secondary N) is 4. The van der Waals surface area contributed by atoms with Crippen molar-refractivity contribution in [1.82, 2.24) is 49.8 Å². The summed E-state index contributed by atoms with van der Waals surface area (Å²) in [6, 6.07) is 7.18. The van der Waals surface area contributed by atoms with Crippen LogP contribution in [-0.4, -0.2) is 74.3 Å². The van der Waals surface area contributed by atoms with Crippen molar-refractivity contribution >= 4 is 46.6 Å². The Balaban J connectivity index is 0.772. The van der Waals surface area contributed by atoms with Crippen molar-refractivity contribution in [2.45, 2.75) is 124 Å². The van der Waals surface area contributed by atoms with E-state index in [4.69, 9.17) is 0 Å². The van der Waals surface area contributed by atoms with Gasteiger partial charge in [0.2, 0.25) is 0 Å². The van der Waals surface area contributed by atoms with E-state index in [-0.39, 0.29) is 52.5 Å². The third-order valence-corrected chi connectivity index (χ3v) is 12.7. The van der Waals surface area contributed by atoms with Crippen molar-refractivity contribution in [1.29, 1.82) is 0 Å². The van der Waals surface area contributed by atoms with Crippen LogP contribution in [0.3, 0.4) is 0 Å². The number of hydrogen-bond acceptors (Lipinski definition) is 10. The average Bonchev–Trinajstić information content (AvgIpc) is 4.14. The predicted octanol–water partition coefficient (Wildman–Crippen LogP) is 7.91. The number of nitrogens with zero attached hydrogens (tertiary/aromatic N) is 8. The van der Waals surface area contributed by atoms with Gasteiger partial charge in [-0.2, -0.15) is 0 Å². The molecule has 0 bridgehead atoms. The molecule has 73 heavy (non-hydrogen) atoms. The summed E-state index contributed by atoms with van der Waals surface area (Å²) in [7, 11) is 3.12. The van der Waals surface area contributed by atoms with Crippen LogP contribution in [0.15, 0.2) is 54.9 Å². The fourth-order valence-electron chi connectivity index (χ4n) is 8.43. The van der Waals surface area contributed by atoms with Crippen molar-refractivity contribution in [2.24, 2.45) is 14.1 Å². The number of benzene rings is 2. The van der Waals surface area contributed by atoms with Crippen molar-refractivity contribution in [3.05, 3.63) is 129 Å². The van der Waals surface area contributed by atoms with E-state index in [1.54, 1.807) is 56.6 Å². The van der Waals surface area contributed by atoms with Crippen LogP contribution in [-0.2, 0) is 49.9 Å². The first-order valence-corrected chi connectivity index (χ1v) is 24.2. The van der Waals surface area contributed by atoms with Gasteiger partial charge in [0.25, 0.3) is 35.2 Å². The first-order chi connectivity index (χ1) is 34.9. The zero-order valence-electron chi connectivity index (χ0n) is 41.5. The minimum Gasteiger partial charge on any atom is -0.343 e. The lowest BCUT2D eigenvalue weighted by molar-refractivity contribution is -0.117. The Morgan fingerprint density at radius 1 is 0.521 bits per heavy atom. The normalized spacial score (nSPS) is 11.2. The number of Topliss-reactive ketones (excluding diaryl/α,β-unsaturated/α-hetero) is 2. The van der Waals surface area contributed by atoms with E-state index in [9.17, 15) is 46.3 Å². The van der Waals surface area contributed by atoms with Crippen LogP contribution in [0.5, 0.6) is 0 Å². The van der Waals surface area contributed by atoms with Gasteiger partial charge in [-0.05, 0) is 69.5 Å². The van der Waals surface area contributed by atoms with Crippen molar-refractivity contribution in [3.8, 4) is 0 Å². The summed E-state index contributed by atoms with van der Waals surface area (Å²) in [4.78, 5) is 77.8. The smallest absolute Gasteiger partial charge is 0.292 e. The second kappa shape index (κ2) is 25.6. The molecule has 0 spiro atoms. The highest BCUT2D eigenvalue weighted by Gasteiger charge is 2.29. The molecular weight excluding hydrogens is 953 g/mol. The Labute approximate surface area is 419 Å². The number of aromatic nitrogens is 8. The topological polar surface area (TPSA) is 222 Å². The minimum atomic E-state index is -1.12. The molecule has 0 aliphatic carbocycles. The predicted molar refractivity (Wildman–Crippen MR) is 261 cm³/mol. The molecule has 4 N–H and O–H groups in total. The number of carbonyl (C=O) groups is 6. The molecule has 0 saturated carbocycles. The SMILES string of the molecule is Cc1c(C(=O)C(=O)NCc2cn(CCCCCCCCCCCCCCn3cc(CNC(=O)C(=O)c4cc(C(=O)Nc5ccc(F)c(F)c5)n(C)c4C)nn3)nn2)c(C)n(C)c1C(=O)Nc1ccc(F)c(F)c1. The van der Waals surface area contributed by atoms with Crippen molar-refractivity contribution < 1.29 is 46.3 Å². The first-order valence-electron chi connectivity index (χ1n) is 24.2. The summed E-state index contributed by atoms with van der Waals surface area (Å²) in [6.07, 6.45) is 16.7. The van der Waals surface area contributed by atoms with Crippen LogP contribution in [0.2, 0.25) is 0 Å². The maximum Gasteiger partial charge on any atom is 0.292 e. The summed E-state index contributed by atoms with van der Waals surface area (Å²) in [5.74, 6) is -9.07. The van der Waals surface area contributed by atoms with E-state index in [0.717, 1.165) is 75.6 Å². The molecule has 4 aromatic heterocycles. The number of aryl methyl sites for hydroxylation is 2. The van der Waals surface area contributed by atoms with Crippen molar-refractivity contribution in [2.75, 3.05) is 10.6 Å². The molecule has 0 radical (unpaired) electrons. The molecule has 0 aliphatic rings. The molecule has 6 rings (SSSR count). The maximum absolute atomic E-state index is 13.7. The molecule has 22 heteroatoms. The number of hydrogen-bond donors (Lipinski definition) is 4. The lowest BCUT2D eigenvalue weighted by Gasteiger charge is -2.08. The van der Waals surface area contributed by atoms with Gasteiger partial charge in [0.15, 0.2) is 23.3 Å². The Morgan fingerprint density at radius 3 is 1.42 bits per heavy atom. The van der Waals surface area contributed by atoms with Gasteiger partial charge in [0.05, 0.1) is 31.0 Å². The highest BCUT2D eigenvalue weighted by Crippen LogP contribution is 2.24. The second-order valence-electron chi connectivity index (χ2n) is 18.0. The Bertz CT molecular complexity index is 2970. The fraction of sp³-hybridized carbons (Fsp3) is 0.412. The Hall–Kier alpha value is -7.78. The summed E-state index contributed by atoms with van der Waals surface area (Å²) < 4.78 is 60.3. The van der Waals surface area contributed by atoms with E-state index < -0.39 is 58.5 Å². The number of rotatable bonds is 27. The number of halogens is 4. The highest BCUT2D eigenvalue weighted by molar-refractivity contribution is 6.44. The van der Waals surface area contributed by atoms with E-state index in [1.165, 1.54) is 53.0 Å². The molecule has 4 amide bonds. The summed E-state index contributed by atoms with van der Waals surface area (Å²) in [5, 5.41) is 26.6. The van der Waals surface area contributed by atoms with Crippen LogP contribution >= 0.6 is 0 Å². The van der Waals surface area contributed by atoms with Gasteiger partial charge in [-0.15, -0.1) is 10.2 Å². The highest BCUT2D eigenvalue weighted by atomic mass is 19.2. The average molecular weight is 1010 g/mol. The molecular formula is C51H60F4N12O6. The minimum absolute atomic E-state index is 0.0116. The number of ketones is 2. The largest absolute Gasteiger partial charge is 0.343 e. The molecule has 388 valence electrons. The van der Waals surface area contributed by atoms with Gasteiger partial charge in [0.1, 0.15) is 22.8 Å². The van der Waals surface area contributed by atoms with E-state index >= 15 is 0 Å². The number of anilines is 2. The van der Waals surface area contributed by atoms with Gasteiger partial charge >= 0.3 is 0 Å². The summed E-state index contributed by atoms with van der Waals surface area (Å²) in [6.45, 7) is 6.06. The van der Waals surface area contributed by atoms with Gasteiger partial charge in [-0.3, -0.25) is 38.1 Å². The first kappa shape index (κ1) is 54.6. The number of carbonyl (C=O) groups excluding carboxylic acids is 6. The zero-order chi connectivity index (χ0) is 52.8. The van der Waals surface area contributed by atoms with E-state index in [2.05, 4.69) is 41.9 Å². The van der Waals surface area contributed by atoms with E-state index in [1.807, 2.05) is 0 Å². The maximum atomic E-state index is 13.7. The van der Waals surface area contributed by atoms with Crippen LogP contribution in [0.25, 0.3) is 0 Å². The molecule has 4 heterocycles. The molecule has 2 aromatic carbocycles. The standard InChI is InChI=1S/C51H60F4N12O6/c1-31-44(33(3)65(5)45(31)49(71)59-35-19-21-40(53)42(55)25-35)47(69)51(73)57-28-37-30-67(63-61-37)23-17-15-13-11-9-7-6-8-10-12-14-16-22-66-29-36(60-62-66)27-56-50(72)46(68)38-26-43(64(4)32(38)2)48(70)58-34-18-20-39(52)41(54)24-34/h18-21,24-26,29-30H,6-17,22-23,27-28H2,1-5H3,(H,56,72)(H,57,73)(H,58,70)(H,59,71). The summed E-state index contributed by atoms with van der Waals surface area (Å²) in [5.41, 5.74) is 2.34. The van der Waals surface area contributed by atoms with Gasteiger partial charge in [0, 0.05) is 67.6 Å². The molecule has 0 aliphatic heterocycles. The zero-order valence-corrected chi connectivity index (χ0v) is 41.5. The molecule has 0 saturated heterocycles. The lowest BCUT2D eigenvalue weighted by atomic mass is 10.0. The van der Waals surface area contributed by atoms with Crippen molar-refractivity contribution in [3.63, 3.8) is 0 Å². The monoisotopic (exact) mass is 1010 g/mol. The molecule has 0 unspecified atom stereocenters. The van der Waals surface area contributed by atoms with Crippen LogP contribution in [0.4, 0.5) is 28.9 Å². The van der Waals surface area contributed by atoms with Crippen LogP contribution < -0.4 is 21.3 Å². The van der Waals surface area contributed by atoms with Crippen LogP contribution in [0, 0.1) is 44.0 Å². The van der Waals surface area contributed by atoms with Gasteiger partial charge in [-0.1, -0.05) is 74.6 Å². The van der Waals surface area contributed by atoms with E-state index in [0.29, 0.717) is 35.9 Å². The molecule has 18 nitrogen and oxygen atoms in total. The number of amides is 4. The molecule has 0 atom stereocenters.